The summed E-state index contributed by atoms with van der Waals surface area (Å²) in [5.74, 6) is -1.06. The van der Waals surface area contributed by atoms with Crippen LogP contribution < -0.4 is 5.56 Å². The number of carboxylic acids is 1. The topological polar surface area (TPSA) is 72.2 Å². The fourth-order valence-electron chi connectivity index (χ4n) is 2.46. The second kappa shape index (κ2) is 5.62. The number of rotatable bonds is 3. The van der Waals surface area contributed by atoms with Crippen molar-refractivity contribution in [1.29, 1.82) is 0 Å². The van der Waals surface area contributed by atoms with Crippen molar-refractivity contribution in [2.45, 2.75) is 26.8 Å². The highest BCUT2D eigenvalue weighted by Gasteiger charge is 2.19. The van der Waals surface area contributed by atoms with Gasteiger partial charge in [-0.25, -0.2) is 9.78 Å². The lowest BCUT2D eigenvalue weighted by Crippen LogP contribution is -2.28. The molecule has 0 aliphatic heterocycles. The van der Waals surface area contributed by atoms with Crippen molar-refractivity contribution in [2.75, 3.05) is 0 Å². The van der Waals surface area contributed by atoms with Crippen molar-refractivity contribution in [2.24, 2.45) is 0 Å². The van der Waals surface area contributed by atoms with Gasteiger partial charge in [-0.3, -0.25) is 9.36 Å². The third-order valence-electron chi connectivity index (χ3n) is 4.11. The number of carboxylic acid groups (broad SMARTS) is 1. The summed E-state index contributed by atoms with van der Waals surface area (Å²) in [6.07, 6.45) is 1.31. The van der Waals surface area contributed by atoms with Crippen LogP contribution in [-0.2, 0) is 4.79 Å². The number of fused-ring (bicyclic) bond motifs is 1. The molecule has 0 aliphatic carbocycles. The van der Waals surface area contributed by atoms with Crippen LogP contribution in [0.1, 0.15) is 24.1 Å². The van der Waals surface area contributed by atoms with Gasteiger partial charge in [-0.05, 0) is 37.5 Å². The van der Waals surface area contributed by atoms with Crippen LogP contribution in [-0.4, -0.2) is 20.6 Å². The van der Waals surface area contributed by atoms with E-state index in [0.29, 0.717) is 10.2 Å². The highest BCUT2D eigenvalue weighted by atomic mass is 32.1. The third kappa shape index (κ3) is 2.55. The Bertz CT molecular complexity index is 972. The summed E-state index contributed by atoms with van der Waals surface area (Å²) in [6, 6.07) is 5.07. The zero-order chi connectivity index (χ0) is 16.7. The summed E-state index contributed by atoms with van der Waals surface area (Å²) in [5, 5.41) is 11.5. The van der Waals surface area contributed by atoms with Crippen LogP contribution in [0.3, 0.4) is 0 Å². The molecule has 0 aliphatic rings. The second-order valence-corrected chi connectivity index (χ2v) is 6.46. The number of benzene rings is 1. The minimum Gasteiger partial charge on any atom is -0.480 e. The van der Waals surface area contributed by atoms with Gasteiger partial charge >= 0.3 is 5.97 Å². The highest BCUT2D eigenvalue weighted by molar-refractivity contribution is 7.17. The van der Waals surface area contributed by atoms with Gasteiger partial charge in [0.25, 0.3) is 5.56 Å². The number of hydrogen-bond donors (Lipinski definition) is 1. The Morgan fingerprint density at radius 1 is 1.30 bits per heavy atom. The van der Waals surface area contributed by atoms with Crippen molar-refractivity contribution in [1.82, 2.24) is 9.55 Å². The van der Waals surface area contributed by atoms with Gasteiger partial charge in [-0.1, -0.05) is 18.2 Å². The van der Waals surface area contributed by atoms with Crippen molar-refractivity contribution >= 4 is 27.5 Å². The highest BCUT2D eigenvalue weighted by Crippen LogP contribution is 2.31. The van der Waals surface area contributed by atoms with Gasteiger partial charge in [0.1, 0.15) is 10.9 Å². The molecule has 0 saturated heterocycles. The van der Waals surface area contributed by atoms with E-state index in [0.717, 1.165) is 16.7 Å². The van der Waals surface area contributed by atoms with E-state index < -0.39 is 12.0 Å². The van der Waals surface area contributed by atoms with Gasteiger partial charge < -0.3 is 5.11 Å². The molecule has 118 valence electrons. The van der Waals surface area contributed by atoms with E-state index in [2.05, 4.69) is 4.98 Å². The van der Waals surface area contributed by atoms with Gasteiger partial charge in [0.05, 0.1) is 11.7 Å². The summed E-state index contributed by atoms with van der Waals surface area (Å²) < 4.78 is 1.17. The smallest absolute Gasteiger partial charge is 0.326 e. The first kappa shape index (κ1) is 15.4. The molecule has 3 rings (SSSR count). The van der Waals surface area contributed by atoms with Crippen LogP contribution in [0.5, 0.6) is 0 Å². The third-order valence-corrected chi connectivity index (χ3v) is 5.00. The first-order valence-corrected chi connectivity index (χ1v) is 8.07. The fourth-order valence-corrected chi connectivity index (χ4v) is 3.37. The Morgan fingerprint density at radius 2 is 2.04 bits per heavy atom. The lowest BCUT2D eigenvalue weighted by atomic mass is 10.0. The molecule has 5 nitrogen and oxygen atoms in total. The average molecular weight is 328 g/mol. The molecule has 1 aromatic carbocycles. The molecule has 0 radical (unpaired) electrons. The van der Waals surface area contributed by atoms with E-state index >= 15 is 0 Å². The van der Waals surface area contributed by atoms with Gasteiger partial charge in [0.15, 0.2) is 0 Å². The van der Waals surface area contributed by atoms with Crippen LogP contribution >= 0.6 is 11.3 Å². The SMILES string of the molecule is Cc1ccc(-c2csc3ncn(C(C)C(=O)O)c(=O)c23)cc1C. The van der Waals surface area contributed by atoms with Crippen molar-refractivity contribution < 1.29 is 9.90 Å². The van der Waals surface area contributed by atoms with E-state index in [9.17, 15) is 9.59 Å². The Labute approximate surface area is 136 Å². The Hall–Kier alpha value is -2.47. The zero-order valence-corrected chi connectivity index (χ0v) is 13.8. The predicted molar refractivity (Wildman–Crippen MR) is 91.1 cm³/mol. The number of thiophene rings is 1. The Balaban J connectivity index is 2.27. The molecule has 3 aromatic rings. The molecule has 2 heterocycles. The summed E-state index contributed by atoms with van der Waals surface area (Å²) in [7, 11) is 0. The standard InChI is InChI=1S/C17H16N2O3S/c1-9-4-5-12(6-10(9)2)13-7-23-15-14(13)16(20)19(8-18-15)11(3)17(21)22/h4-8,11H,1-3H3,(H,21,22). The number of nitrogens with zero attached hydrogens (tertiary/aromatic N) is 2. The minimum atomic E-state index is -1.06. The maximum atomic E-state index is 12.7. The number of aryl methyl sites for hydroxylation is 2. The molecule has 2 aromatic heterocycles. The van der Waals surface area contributed by atoms with Crippen LogP contribution in [0.4, 0.5) is 0 Å². The van der Waals surface area contributed by atoms with E-state index in [4.69, 9.17) is 5.11 Å². The van der Waals surface area contributed by atoms with E-state index in [1.54, 1.807) is 0 Å². The molecule has 1 N–H and O–H groups in total. The molecule has 6 heteroatoms. The fraction of sp³-hybridized carbons (Fsp3) is 0.235. The summed E-state index contributed by atoms with van der Waals surface area (Å²) in [6.45, 7) is 5.53. The normalized spacial score (nSPS) is 12.5. The lowest BCUT2D eigenvalue weighted by molar-refractivity contribution is -0.140. The number of hydrogen-bond acceptors (Lipinski definition) is 4. The Kier molecular flexibility index (Phi) is 3.77. The number of carbonyl (C=O) groups is 1. The van der Waals surface area contributed by atoms with Crippen molar-refractivity contribution in [3.63, 3.8) is 0 Å². The van der Waals surface area contributed by atoms with Gasteiger partial charge in [-0.2, -0.15) is 0 Å². The van der Waals surface area contributed by atoms with Crippen LogP contribution in [0.25, 0.3) is 21.3 Å². The van der Waals surface area contributed by atoms with E-state index in [-0.39, 0.29) is 5.56 Å². The van der Waals surface area contributed by atoms with Gasteiger partial charge in [0.2, 0.25) is 0 Å². The molecule has 0 fully saturated rings. The van der Waals surface area contributed by atoms with Crippen molar-refractivity contribution in [3.05, 3.63) is 51.4 Å². The number of aromatic nitrogens is 2. The maximum Gasteiger partial charge on any atom is 0.326 e. The van der Waals surface area contributed by atoms with Crippen molar-refractivity contribution in [3.8, 4) is 11.1 Å². The maximum absolute atomic E-state index is 12.7. The largest absolute Gasteiger partial charge is 0.480 e. The Morgan fingerprint density at radius 3 is 2.70 bits per heavy atom. The zero-order valence-electron chi connectivity index (χ0n) is 13.0. The summed E-state index contributed by atoms with van der Waals surface area (Å²) in [5.41, 5.74) is 3.75. The average Bonchev–Trinajstić information content (AvgIpc) is 2.94. The molecular weight excluding hydrogens is 312 g/mol. The minimum absolute atomic E-state index is 0.320. The first-order valence-electron chi connectivity index (χ1n) is 7.19. The quantitative estimate of drug-likeness (QED) is 0.800. The molecule has 0 saturated carbocycles. The lowest BCUT2D eigenvalue weighted by Gasteiger charge is -2.10. The van der Waals surface area contributed by atoms with Crippen LogP contribution in [0.2, 0.25) is 0 Å². The summed E-state index contributed by atoms with van der Waals surface area (Å²) >= 11 is 1.39. The first-order chi connectivity index (χ1) is 10.9. The predicted octanol–water partition coefficient (Wildman–Crippen LogP) is 3.39. The summed E-state index contributed by atoms with van der Waals surface area (Å²) in [4.78, 5) is 28.8. The molecule has 1 unspecified atom stereocenters. The molecule has 0 spiro atoms. The van der Waals surface area contributed by atoms with E-state index in [1.807, 2.05) is 37.4 Å². The van der Waals surface area contributed by atoms with Crippen LogP contribution in [0.15, 0.2) is 34.7 Å². The molecule has 0 amide bonds. The molecule has 1 atom stereocenters. The van der Waals surface area contributed by atoms with E-state index in [1.165, 1.54) is 34.7 Å². The molecule has 23 heavy (non-hydrogen) atoms. The number of aliphatic carboxylic acids is 1. The van der Waals surface area contributed by atoms with Gasteiger partial charge in [-0.15, -0.1) is 11.3 Å². The monoisotopic (exact) mass is 328 g/mol. The van der Waals surface area contributed by atoms with Gasteiger partial charge in [0, 0.05) is 10.9 Å². The second-order valence-electron chi connectivity index (χ2n) is 5.60. The molecular formula is C17H16N2O3S. The van der Waals surface area contributed by atoms with Crippen LogP contribution in [0, 0.1) is 13.8 Å². The molecule has 0 bridgehead atoms.